The molecule has 0 saturated carbocycles. The molecule has 1 nitrogen and oxygen atoms in total. The summed E-state index contributed by atoms with van der Waals surface area (Å²) in [5.74, 6) is 0. The van der Waals surface area contributed by atoms with E-state index in [9.17, 15) is 0 Å². The molecule has 1 aliphatic heterocycles. The molecule has 1 rings (SSSR count). The number of rotatable bonds is 2. The Labute approximate surface area is 66.2 Å². The van der Waals surface area contributed by atoms with Crippen LogP contribution in [0.5, 0.6) is 0 Å². The molecule has 2 atom stereocenters. The Kier molecular flexibility index (Phi) is 3.22. The molecule has 3 heteroatoms. The van der Waals surface area contributed by atoms with Crippen LogP contribution in [0, 0.1) is 0 Å². The average molecular weight is 164 g/mol. The second kappa shape index (κ2) is 3.74. The van der Waals surface area contributed by atoms with E-state index in [1.165, 1.54) is 12.8 Å². The molecule has 1 heterocycles. The highest BCUT2D eigenvalue weighted by Crippen LogP contribution is 2.28. The van der Waals surface area contributed by atoms with Crippen LogP contribution in [-0.4, -0.2) is 17.1 Å². The molecule has 0 aliphatic carbocycles. The van der Waals surface area contributed by atoms with E-state index in [-0.39, 0.29) is 0 Å². The maximum Gasteiger partial charge on any atom is 0.0625 e. The van der Waals surface area contributed by atoms with Crippen LogP contribution in [0.2, 0.25) is 0 Å². The van der Waals surface area contributed by atoms with Gasteiger partial charge in [-0.05, 0) is 30.1 Å². The fourth-order valence-corrected chi connectivity index (χ4v) is 2.25. The van der Waals surface area contributed by atoms with Crippen molar-refractivity contribution in [1.29, 1.82) is 0 Å². The van der Waals surface area contributed by atoms with E-state index in [0.717, 1.165) is 6.61 Å². The fourth-order valence-electron chi connectivity index (χ4n) is 0.910. The van der Waals surface area contributed by atoms with Crippen molar-refractivity contribution >= 4 is 24.7 Å². The quantitative estimate of drug-likeness (QED) is 0.494. The van der Waals surface area contributed by atoms with E-state index in [1.54, 1.807) is 12.0 Å². The van der Waals surface area contributed by atoms with Crippen molar-refractivity contribution < 1.29 is 4.18 Å². The fraction of sp³-hybridized carbons (Fsp3) is 1.00. The summed E-state index contributed by atoms with van der Waals surface area (Å²) in [6.07, 6.45) is 2.38. The zero-order valence-corrected chi connectivity index (χ0v) is 7.25. The van der Waals surface area contributed by atoms with Gasteiger partial charge in [-0.15, -0.1) is 0 Å². The van der Waals surface area contributed by atoms with Crippen molar-refractivity contribution in [2.24, 2.45) is 0 Å². The van der Waals surface area contributed by atoms with Crippen molar-refractivity contribution in [3.05, 3.63) is 0 Å². The minimum absolute atomic E-state index is 0.518. The van der Waals surface area contributed by atoms with Crippen LogP contribution in [0.4, 0.5) is 0 Å². The van der Waals surface area contributed by atoms with Gasteiger partial charge in [0.05, 0.1) is 6.61 Å². The Hall–Kier alpha value is 0.660. The Morgan fingerprint density at radius 3 is 3.11 bits per heavy atom. The van der Waals surface area contributed by atoms with Crippen molar-refractivity contribution in [3.8, 4) is 0 Å². The Bertz CT molecular complexity index is 79.1. The molecular weight excluding hydrogens is 152 g/mol. The van der Waals surface area contributed by atoms with Crippen molar-refractivity contribution in [3.63, 3.8) is 0 Å². The van der Waals surface area contributed by atoms with E-state index in [4.69, 9.17) is 4.18 Å². The molecule has 0 aromatic heterocycles. The molecule has 2 unspecified atom stereocenters. The van der Waals surface area contributed by atoms with Gasteiger partial charge in [0, 0.05) is 5.25 Å². The summed E-state index contributed by atoms with van der Waals surface area (Å²) in [6, 6.07) is 0. The van der Waals surface area contributed by atoms with Crippen molar-refractivity contribution in [2.75, 3.05) is 6.61 Å². The molecule has 1 saturated heterocycles. The van der Waals surface area contributed by atoms with Gasteiger partial charge in [-0.2, -0.15) is 12.6 Å². The molecule has 0 radical (unpaired) electrons. The van der Waals surface area contributed by atoms with E-state index in [0.29, 0.717) is 10.5 Å². The Morgan fingerprint density at radius 1 is 1.89 bits per heavy atom. The SMILES string of the molecule is CC(S)CC1CCOS1. The van der Waals surface area contributed by atoms with Gasteiger partial charge in [-0.1, -0.05) is 6.92 Å². The summed E-state index contributed by atoms with van der Waals surface area (Å²) >= 11 is 5.93. The molecule has 0 N–H and O–H groups in total. The lowest BCUT2D eigenvalue weighted by Crippen LogP contribution is -2.04. The summed E-state index contributed by atoms with van der Waals surface area (Å²) in [5.41, 5.74) is 0. The van der Waals surface area contributed by atoms with Gasteiger partial charge in [0.15, 0.2) is 0 Å². The molecule has 9 heavy (non-hydrogen) atoms. The lowest BCUT2D eigenvalue weighted by Gasteiger charge is -2.06. The highest BCUT2D eigenvalue weighted by Gasteiger charge is 2.17. The summed E-state index contributed by atoms with van der Waals surface area (Å²) in [7, 11) is 0. The van der Waals surface area contributed by atoms with Crippen LogP contribution < -0.4 is 0 Å². The lowest BCUT2D eigenvalue weighted by atomic mass is 10.2. The predicted molar refractivity (Wildman–Crippen MR) is 45.0 cm³/mol. The molecule has 0 aromatic rings. The average Bonchev–Trinajstić information content (AvgIpc) is 2.15. The van der Waals surface area contributed by atoms with Gasteiger partial charge >= 0.3 is 0 Å². The first-order valence-corrected chi connectivity index (χ1v) is 4.57. The molecule has 0 aromatic carbocycles. The molecular formula is C6H12OS2. The minimum atomic E-state index is 0.518. The van der Waals surface area contributed by atoms with E-state index < -0.39 is 0 Å². The monoisotopic (exact) mass is 164 g/mol. The molecule has 1 aliphatic rings. The lowest BCUT2D eigenvalue weighted by molar-refractivity contribution is 0.400. The molecule has 54 valence electrons. The Balaban J connectivity index is 2.11. The predicted octanol–water partition coefficient (Wildman–Crippen LogP) is 2.13. The molecule has 0 bridgehead atoms. The maximum absolute atomic E-state index is 5.14. The standard InChI is InChI=1S/C6H12OS2/c1-5(8)4-6-2-3-7-9-6/h5-6,8H,2-4H2,1H3. The smallest absolute Gasteiger partial charge is 0.0625 e. The van der Waals surface area contributed by atoms with Crippen LogP contribution in [0.3, 0.4) is 0 Å². The van der Waals surface area contributed by atoms with E-state index in [1.807, 2.05) is 0 Å². The first-order chi connectivity index (χ1) is 4.29. The number of hydrogen-bond donors (Lipinski definition) is 1. The second-order valence-corrected chi connectivity index (χ2v) is 4.39. The maximum atomic E-state index is 5.14. The summed E-state index contributed by atoms with van der Waals surface area (Å²) in [4.78, 5) is 0. The van der Waals surface area contributed by atoms with Crippen LogP contribution >= 0.6 is 24.7 Å². The van der Waals surface area contributed by atoms with E-state index >= 15 is 0 Å². The van der Waals surface area contributed by atoms with Crippen LogP contribution in [0.25, 0.3) is 0 Å². The molecule has 0 amide bonds. The first kappa shape index (κ1) is 7.76. The number of thiol groups is 1. The van der Waals surface area contributed by atoms with Crippen LogP contribution in [-0.2, 0) is 4.18 Å². The molecule has 0 spiro atoms. The van der Waals surface area contributed by atoms with Gasteiger partial charge in [-0.25, -0.2) is 0 Å². The van der Waals surface area contributed by atoms with Crippen LogP contribution in [0.1, 0.15) is 19.8 Å². The third-order valence-corrected chi connectivity index (χ3v) is 2.55. The third-order valence-electron chi connectivity index (χ3n) is 1.33. The normalized spacial score (nSPS) is 30.7. The number of hydrogen-bond acceptors (Lipinski definition) is 3. The van der Waals surface area contributed by atoms with Gasteiger partial charge in [0.25, 0.3) is 0 Å². The molecule has 1 fully saturated rings. The second-order valence-electron chi connectivity index (χ2n) is 2.41. The van der Waals surface area contributed by atoms with Crippen LogP contribution in [0.15, 0.2) is 0 Å². The summed E-state index contributed by atoms with van der Waals surface area (Å²) < 4.78 is 5.14. The largest absolute Gasteiger partial charge is 0.315 e. The van der Waals surface area contributed by atoms with Crippen molar-refractivity contribution in [2.45, 2.75) is 30.3 Å². The van der Waals surface area contributed by atoms with E-state index in [2.05, 4.69) is 19.6 Å². The first-order valence-electron chi connectivity index (χ1n) is 3.25. The Morgan fingerprint density at radius 2 is 2.67 bits per heavy atom. The summed E-state index contributed by atoms with van der Waals surface area (Å²) in [5, 5.41) is 1.22. The zero-order valence-electron chi connectivity index (χ0n) is 5.54. The van der Waals surface area contributed by atoms with Gasteiger partial charge in [0.1, 0.15) is 0 Å². The van der Waals surface area contributed by atoms with Gasteiger partial charge < -0.3 is 4.18 Å². The van der Waals surface area contributed by atoms with Crippen molar-refractivity contribution in [1.82, 2.24) is 0 Å². The van der Waals surface area contributed by atoms with Gasteiger partial charge in [-0.3, -0.25) is 0 Å². The topological polar surface area (TPSA) is 9.23 Å². The highest BCUT2D eigenvalue weighted by atomic mass is 32.2. The highest BCUT2D eigenvalue weighted by molar-refractivity contribution is 7.95. The minimum Gasteiger partial charge on any atom is -0.315 e. The third kappa shape index (κ3) is 2.83. The summed E-state index contributed by atoms with van der Waals surface area (Å²) in [6.45, 7) is 3.05. The van der Waals surface area contributed by atoms with Gasteiger partial charge in [0.2, 0.25) is 0 Å². The zero-order chi connectivity index (χ0) is 6.69.